The number of carboxylic acid groups (broad SMARTS) is 1. The molecule has 0 bridgehead atoms. The summed E-state index contributed by atoms with van der Waals surface area (Å²) in [6.45, 7) is 0. The second kappa shape index (κ2) is 5.11. The van der Waals surface area contributed by atoms with Gasteiger partial charge in [0.2, 0.25) is 0 Å². The molecular weight excluding hydrogens is 248 g/mol. The number of methoxy groups -OCH3 is 1. The maximum absolute atomic E-state index is 11.3. The summed E-state index contributed by atoms with van der Waals surface area (Å²) in [6.07, 6.45) is 0.720. The van der Waals surface area contributed by atoms with E-state index in [9.17, 15) is 9.59 Å². The average molecular weight is 262 g/mol. The number of hydrogen-bond acceptors (Lipinski definition) is 4. The fourth-order valence-electron chi connectivity index (χ4n) is 2.05. The van der Waals surface area contributed by atoms with Crippen LogP contribution >= 0.6 is 0 Å². The van der Waals surface area contributed by atoms with E-state index in [1.54, 1.807) is 18.2 Å². The number of ether oxygens (including phenoxy) is 1. The molecule has 1 aromatic heterocycles. The van der Waals surface area contributed by atoms with Crippen molar-refractivity contribution in [1.29, 1.82) is 0 Å². The number of aromatic nitrogens is 1. The van der Waals surface area contributed by atoms with E-state index in [4.69, 9.17) is 10.8 Å². The fraction of sp³-hybridized carbons (Fsp3) is 0.231. The van der Waals surface area contributed by atoms with Crippen LogP contribution in [-0.4, -0.2) is 34.9 Å². The standard InChI is InChI=1S/C13H14N2O4/c1-19-12(16)10(14)7-8-3-2-4-11-9(8)5-6-15(11)13(17)18/h2-6,10H,7,14H2,1H3,(H,17,18)/t10-/m0/s1. The lowest BCUT2D eigenvalue weighted by atomic mass is 10.0. The molecule has 6 nitrogen and oxygen atoms in total. The van der Waals surface area contributed by atoms with Gasteiger partial charge in [-0.2, -0.15) is 0 Å². The van der Waals surface area contributed by atoms with Crippen molar-refractivity contribution < 1.29 is 19.4 Å². The van der Waals surface area contributed by atoms with Gasteiger partial charge in [-0.3, -0.25) is 9.36 Å². The molecule has 0 saturated heterocycles. The Hall–Kier alpha value is -2.34. The van der Waals surface area contributed by atoms with Gasteiger partial charge < -0.3 is 15.6 Å². The quantitative estimate of drug-likeness (QED) is 0.811. The molecule has 0 unspecified atom stereocenters. The molecule has 2 rings (SSSR count). The molecule has 0 spiro atoms. The predicted octanol–water partition coefficient (Wildman–Crippen LogP) is 1.21. The summed E-state index contributed by atoms with van der Waals surface area (Å²) in [6, 6.07) is 6.20. The molecule has 1 aromatic carbocycles. The highest BCUT2D eigenvalue weighted by molar-refractivity contribution is 5.91. The predicted molar refractivity (Wildman–Crippen MR) is 69.1 cm³/mol. The van der Waals surface area contributed by atoms with Gasteiger partial charge in [0, 0.05) is 11.6 Å². The molecule has 0 aliphatic rings. The lowest BCUT2D eigenvalue weighted by Crippen LogP contribution is -2.33. The van der Waals surface area contributed by atoms with Gasteiger partial charge >= 0.3 is 12.1 Å². The Kier molecular flexibility index (Phi) is 3.52. The molecule has 0 aliphatic heterocycles. The Balaban J connectivity index is 2.40. The molecule has 19 heavy (non-hydrogen) atoms. The van der Waals surface area contributed by atoms with Crippen molar-refractivity contribution in [3.8, 4) is 0 Å². The van der Waals surface area contributed by atoms with Crippen molar-refractivity contribution >= 4 is 23.0 Å². The van der Waals surface area contributed by atoms with Gasteiger partial charge in [0.1, 0.15) is 6.04 Å². The molecule has 1 heterocycles. The maximum Gasteiger partial charge on any atom is 0.415 e. The zero-order valence-corrected chi connectivity index (χ0v) is 10.4. The Morgan fingerprint density at radius 3 is 2.79 bits per heavy atom. The molecule has 1 atom stereocenters. The van der Waals surface area contributed by atoms with Crippen molar-refractivity contribution in [3.63, 3.8) is 0 Å². The van der Waals surface area contributed by atoms with Crippen LogP contribution in [0.15, 0.2) is 30.5 Å². The monoisotopic (exact) mass is 262 g/mol. The van der Waals surface area contributed by atoms with Crippen molar-refractivity contribution in [2.75, 3.05) is 7.11 Å². The Morgan fingerprint density at radius 2 is 2.16 bits per heavy atom. The van der Waals surface area contributed by atoms with E-state index in [0.29, 0.717) is 11.9 Å². The summed E-state index contributed by atoms with van der Waals surface area (Å²) in [7, 11) is 1.28. The molecular formula is C13H14N2O4. The number of fused-ring (bicyclic) bond motifs is 1. The summed E-state index contributed by atoms with van der Waals surface area (Å²) in [5.74, 6) is -0.491. The Bertz CT molecular complexity index is 633. The summed E-state index contributed by atoms with van der Waals surface area (Å²) in [5, 5.41) is 9.80. The number of hydrogen-bond donors (Lipinski definition) is 2. The van der Waals surface area contributed by atoms with Gasteiger partial charge in [-0.1, -0.05) is 12.1 Å². The molecule has 3 N–H and O–H groups in total. The highest BCUT2D eigenvalue weighted by atomic mass is 16.5. The van der Waals surface area contributed by atoms with Crippen LogP contribution in [0.4, 0.5) is 4.79 Å². The second-order valence-corrected chi connectivity index (χ2v) is 4.15. The first-order chi connectivity index (χ1) is 9.04. The first kappa shape index (κ1) is 13.1. The fourth-order valence-corrected chi connectivity index (χ4v) is 2.05. The molecule has 0 radical (unpaired) electrons. The van der Waals surface area contributed by atoms with Gasteiger partial charge in [-0.15, -0.1) is 0 Å². The highest BCUT2D eigenvalue weighted by Gasteiger charge is 2.17. The van der Waals surface area contributed by atoms with Gasteiger partial charge in [0.05, 0.1) is 12.6 Å². The SMILES string of the molecule is COC(=O)[C@@H](N)Cc1cccc2c1ccn2C(=O)O. The number of carbonyl (C=O) groups is 2. The number of esters is 1. The van der Waals surface area contributed by atoms with E-state index in [2.05, 4.69) is 4.74 Å². The first-order valence-electron chi connectivity index (χ1n) is 5.70. The zero-order chi connectivity index (χ0) is 14.0. The summed E-state index contributed by atoms with van der Waals surface area (Å²) >= 11 is 0. The van der Waals surface area contributed by atoms with Crippen LogP contribution in [0.2, 0.25) is 0 Å². The zero-order valence-electron chi connectivity index (χ0n) is 10.4. The van der Waals surface area contributed by atoms with Crippen molar-refractivity contribution in [2.24, 2.45) is 5.73 Å². The van der Waals surface area contributed by atoms with E-state index in [1.165, 1.54) is 13.3 Å². The normalized spacial score (nSPS) is 12.3. The number of benzene rings is 1. The largest absolute Gasteiger partial charge is 0.468 e. The van der Waals surface area contributed by atoms with Crippen LogP contribution in [-0.2, 0) is 16.0 Å². The van der Waals surface area contributed by atoms with Gasteiger partial charge in [-0.25, -0.2) is 4.79 Å². The molecule has 6 heteroatoms. The summed E-state index contributed by atoms with van der Waals surface area (Å²) in [4.78, 5) is 22.3. The molecule has 2 aromatic rings. The molecule has 100 valence electrons. The van der Waals surface area contributed by atoms with E-state index in [1.807, 2.05) is 6.07 Å². The van der Waals surface area contributed by atoms with E-state index < -0.39 is 18.1 Å². The number of carbonyl (C=O) groups excluding carboxylic acids is 1. The first-order valence-corrected chi connectivity index (χ1v) is 5.70. The minimum atomic E-state index is -1.05. The van der Waals surface area contributed by atoms with Crippen LogP contribution < -0.4 is 5.73 Å². The number of nitrogens with two attached hydrogens (primary N) is 1. The van der Waals surface area contributed by atoms with Crippen molar-refractivity contribution in [3.05, 3.63) is 36.0 Å². The van der Waals surface area contributed by atoms with Crippen molar-refractivity contribution in [2.45, 2.75) is 12.5 Å². The van der Waals surface area contributed by atoms with Gasteiger partial charge in [-0.05, 0) is 24.1 Å². The van der Waals surface area contributed by atoms with Crippen LogP contribution in [0.5, 0.6) is 0 Å². The average Bonchev–Trinajstić information content (AvgIpc) is 2.82. The van der Waals surface area contributed by atoms with Crippen LogP contribution in [0.25, 0.3) is 10.9 Å². The van der Waals surface area contributed by atoms with Crippen LogP contribution in [0, 0.1) is 0 Å². The lowest BCUT2D eigenvalue weighted by Gasteiger charge is -2.10. The second-order valence-electron chi connectivity index (χ2n) is 4.15. The third-order valence-electron chi connectivity index (χ3n) is 2.97. The van der Waals surface area contributed by atoms with E-state index in [0.717, 1.165) is 15.5 Å². The topological polar surface area (TPSA) is 94.5 Å². The molecule has 0 saturated carbocycles. The lowest BCUT2D eigenvalue weighted by molar-refractivity contribution is -0.142. The number of nitrogens with zero attached hydrogens (tertiary/aromatic N) is 1. The number of rotatable bonds is 3. The third-order valence-corrected chi connectivity index (χ3v) is 2.97. The van der Waals surface area contributed by atoms with E-state index >= 15 is 0 Å². The minimum Gasteiger partial charge on any atom is -0.468 e. The third kappa shape index (κ3) is 2.43. The summed E-state index contributed by atoms with van der Waals surface area (Å²) < 4.78 is 5.70. The highest BCUT2D eigenvalue weighted by Crippen LogP contribution is 2.21. The molecule has 0 amide bonds. The van der Waals surface area contributed by atoms with Crippen molar-refractivity contribution in [1.82, 2.24) is 4.57 Å². The van der Waals surface area contributed by atoms with Crippen LogP contribution in [0.3, 0.4) is 0 Å². The summed E-state index contributed by atoms with van der Waals surface area (Å²) in [5.41, 5.74) is 7.11. The minimum absolute atomic E-state index is 0.299. The maximum atomic E-state index is 11.3. The molecule has 0 fully saturated rings. The van der Waals surface area contributed by atoms with Gasteiger partial charge in [0.15, 0.2) is 0 Å². The molecule has 0 aliphatic carbocycles. The Morgan fingerprint density at radius 1 is 1.42 bits per heavy atom. The van der Waals surface area contributed by atoms with Crippen LogP contribution in [0.1, 0.15) is 5.56 Å². The smallest absolute Gasteiger partial charge is 0.415 e. The van der Waals surface area contributed by atoms with Gasteiger partial charge in [0.25, 0.3) is 0 Å². The Labute approximate surface area is 109 Å². The van der Waals surface area contributed by atoms with E-state index in [-0.39, 0.29) is 0 Å².